The summed E-state index contributed by atoms with van der Waals surface area (Å²) in [6.45, 7) is 1.98. The van der Waals surface area contributed by atoms with Crippen molar-refractivity contribution in [2.75, 3.05) is 7.11 Å². The summed E-state index contributed by atoms with van der Waals surface area (Å²) in [5.74, 6) is 1.79. The van der Waals surface area contributed by atoms with Crippen LogP contribution in [-0.2, 0) is 6.42 Å². The third-order valence-corrected chi connectivity index (χ3v) is 5.44. The van der Waals surface area contributed by atoms with E-state index in [2.05, 4.69) is 28.2 Å². The van der Waals surface area contributed by atoms with E-state index in [0.717, 1.165) is 32.6 Å². The molecule has 6 heteroatoms. The molecule has 1 unspecified atom stereocenters. The number of hydrogen-bond acceptors (Lipinski definition) is 6. The van der Waals surface area contributed by atoms with Crippen molar-refractivity contribution in [3.05, 3.63) is 66.5 Å². The molecule has 4 aromatic rings. The Hall–Kier alpha value is -2.96. The summed E-state index contributed by atoms with van der Waals surface area (Å²) < 4.78 is 11.6. The van der Waals surface area contributed by atoms with Crippen molar-refractivity contribution in [3.8, 4) is 27.8 Å². The van der Waals surface area contributed by atoms with Gasteiger partial charge in [0.2, 0.25) is 5.88 Å². The second kappa shape index (κ2) is 7.96. The smallest absolute Gasteiger partial charge is 0.231 e. The first-order chi connectivity index (χ1) is 13.6. The molecule has 5 nitrogen and oxygen atoms in total. The average Bonchev–Trinajstić information content (AvgIpc) is 3.15. The lowest BCUT2D eigenvalue weighted by Gasteiger charge is -2.12. The average molecular weight is 391 g/mol. The predicted octanol–water partition coefficient (Wildman–Crippen LogP) is 5.05. The number of nitrogens with zero attached hydrogens (tertiary/aromatic N) is 2. The number of benzene rings is 2. The highest BCUT2D eigenvalue weighted by atomic mass is 32.1. The maximum absolute atomic E-state index is 6.12. The van der Waals surface area contributed by atoms with Gasteiger partial charge in [-0.05, 0) is 42.7 Å². The lowest BCUT2D eigenvalue weighted by atomic mass is 10.1. The van der Waals surface area contributed by atoms with Crippen LogP contribution in [0.5, 0.6) is 17.4 Å². The van der Waals surface area contributed by atoms with E-state index in [1.807, 2.05) is 43.3 Å². The maximum atomic E-state index is 6.12. The molecular formula is C22H21N3O2S. The number of ether oxygens (including phenoxy) is 2. The number of nitrogens with two attached hydrogens (primary N) is 1. The van der Waals surface area contributed by atoms with E-state index < -0.39 is 0 Å². The molecule has 0 saturated carbocycles. The minimum Gasteiger partial charge on any atom is -0.493 e. The monoisotopic (exact) mass is 391 g/mol. The van der Waals surface area contributed by atoms with Crippen molar-refractivity contribution >= 4 is 21.6 Å². The summed E-state index contributed by atoms with van der Waals surface area (Å²) in [5, 5.41) is 0.882. The fourth-order valence-corrected chi connectivity index (χ4v) is 4.05. The van der Waals surface area contributed by atoms with Crippen LogP contribution in [0.2, 0.25) is 0 Å². The van der Waals surface area contributed by atoms with Gasteiger partial charge in [0.15, 0.2) is 11.5 Å². The molecule has 0 amide bonds. The molecule has 2 aromatic heterocycles. The van der Waals surface area contributed by atoms with E-state index in [0.29, 0.717) is 17.4 Å². The van der Waals surface area contributed by atoms with Crippen LogP contribution in [0.15, 0.2) is 60.9 Å². The van der Waals surface area contributed by atoms with E-state index in [4.69, 9.17) is 15.2 Å². The Morgan fingerprint density at radius 2 is 1.86 bits per heavy atom. The van der Waals surface area contributed by atoms with Crippen molar-refractivity contribution in [2.24, 2.45) is 5.73 Å². The van der Waals surface area contributed by atoms with Crippen molar-refractivity contribution in [1.82, 2.24) is 9.97 Å². The van der Waals surface area contributed by atoms with Gasteiger partial charge in [0.05, 0.1) is 12.5 Å². The lowest BCUT2D eigenvalue weighted by Crippen LogP contribution is -2.17. The summed E-state index contributed by atoms with van der Waals surface area (Å²) in [6, 6.07) is 18.2. The maximum Gasteiger partial charge on any atom is 0.231 e. The third-order valence-electron chi connectivity index (χ3n) is 4.34. The molecule has 142 valence electrons. The highest BCUT2D eigenvalue weighted by Gasteiger charge is 2.14. The van der Waals surface area contributed by atoms with Crippen molar-refractivity contribution in [3.63, 3.8) is 0 Å². The van der Waals surface area contributed by atoms with Crippen molar-refractivity contribution < 1.29 is 9.47 Å². The molecule has 0 radical (unpaired) electrons. The lowest BCUT2D eigenvalue weighted by molar-refractivity contribution is 0.375. The van der Waals surface area contributed by atoms with Gasteiger partial charge in [-0.25, -0.2) is 9.97 Å². The first kappa shape index (κ1) is 18.4. The SMILES string of the molecule is COc1cc(CC(C)N)ccc1Oc1ncnc2sc(-c3ccccc3)cc12. The van der Waals surface area contributed by atoms with Gasteiger partial charge in [0.25, 0.3) is 0 Å². The molecule has 0 spiro atoms. The zero-order valence-electron chi connectivity index (χ0n) is 15.8. The molecule has 0 aliphatic carbocycles. The van der Waals surface area contributed by atoms with Gasteiger partial charge >= 0.3 is 0 Å². The zero-order valence-corrected chi connectivity index (χ0v) is 16.6. The van der Waals surface area contributed by atoms with Gasteiger partial charge in [-0.1, -0.05) is 36.4 Å². The molecular weight excluding hydrogens is 370 g/mol. The molecule has 0 saturated heterocycles. The topological polar surface area (TPSA) is 70.3 Å². The number of methoxy groups -OCH3 is 1. The van der Waals surface area contributed by atoms with E-state index in [-0.39, 0.29) is 6.04 Å². The van der Waals surface area contributed by atoms with Crippen LogP contribution in [0.4, 0.5) is 0 Å². The minimum atomic E-state index is 0.0835. The van der Waals surface area contributed by atoms with E-state index in [1.165, 1.54) is 6.33 Å². The van der Waals surface area contributed by atoms with Crippen LogP contribution in [0.25, 0.3) is 20.7 Å². The fourth-order valence-electron chi connectivity index (χ4n) is 3.06. The highest BCUT2D eigenvalue weighted by Crippen LogP contribution is 2.39. The first-order valence-corrected chi connectivity index (χ1v) is 9.86. The molecule has 2 heterocycles. The molecule has 0 aliphatic rings. The van der Waals surface area contributed by atoms with Crippen molar-refractivity contribution in [2.45, 2.75) is 19.4 Å². The quantitative estimate of drug-likeness (QED) is 0.498. The fraction of sp³-hybridized carbons (Fsp3) is 0.182. The van der Waals surface area contributed by atoms with E-state index in [1.54, 1.807) is 18.4 Å². The molecule has 1 atom stereocenters. The molecule has 2 N–H and O–H groups in total. The van der Waals surface area contributed by atoms with Crippen LogP contribution in [0.1, 0.15) is 12.5 Å². The number of aromatic nitrogens is 2. The molecule has 0 fully saturated rings. The summed E-state index contributed by atoms with van der Waals surface area (Å²) in [5.41, 5.74) is 8.16. The third kappa shape index (κ3) is 3.83. The number of thiophene rings is 1. The Morgan fingerprint density at radius 3 is 2.61 bits per heavy atom. The van der Waals surface area contributed by atoms with E-state index in [9.17, 15) is 0 Å². The van der Waals surface area contributed by atoms with Gasteiger partial charge in [0.1, 0.15) is 11.2 Å². The first-order valence-electron chi connectivity index (χ1n) is 9.04. The van der Waals surface area contributed by atoms with Crippen LogP contribution in [0.3, 0.4) is 0 Å². The van der Waals surface area contributed by atoms with Crippen LogP contribution < -0.4 is 15.2 Å². The van der Waals surface area contributed by atoms with Gasteiger partial charge in [-0.15, -0.1) is 11.3 Å². The summed E-state index contributed by atoms with van der Waals surface area (Å²) in [6.07, 6.45) is 2.30. The number of rotatable bonds is 6. The second-order valence-corrected chi connectivity index (χ2v) is 7.67. The summed E-state index contributed by atoms with van der Waals surface area (Å²) >= 11 is 1.62. The zero-order chi connectivity index (χ0) is 19.5. The summed E-state index contributed by atoms with van der Waals surface area (Å²) in [7, 11) is 1.63. The summed E-state index contributed by atoms with van der Waals surface area (Å²) in [4.78, 5) is 10.8. The van der Waals surface area contributed by atoms with Crippen LogP contribution >= 0.6 is 11.3 Å². The Labute approximate surface area is 167 Å². The van der Waals surface area contributed by atoms with Crippen molar-refractivity contribution in [1.29, 1.82) is 0 Å². The highest BCUT2D eigenvalue weighted by molar-refractivity contribution is 7.21. The molecule has 4 rings (SSSR count). The van der Waals surface area contributed by atoms with Crippen LogP contribution in [0, 0.1) is 0 Å². The van der Waals surface area contributed by atoms with E-state index >= 15 is 0 Å². The Balaban J connectivity index is 1.69. The number of hydrogen-bond donors (Lipinski definition) is 1. The van der Waals surface area contributed by atoms with Gasteiger partial charge in [-0.2, -0.15) is 0 Å². The molecule has 28 heavy (non-hydrogen) atoms. The largest absolute Gasteiger partial charge is 0.493 e. The Bertz CT molecular complexity index is 1090. The van der Waals surface area contributed by atoms with Gasteiger partial charge in [-0.3, -0.25) is 0 Å². The molecule has 0 aliphatic heterocycles. The Morgan fingerprint density at radius 1 is 1.04 bits per heavy atom. The second-order valence-electron chi connectivity index (χ2n) is 6.64. The predicted molar refractivity (Wildman–Crippen MR) is 113 cm³/mol. The molecule has 0 bridgehead atoms. The standard InChI is InChI=1S/C22H21N3O2S/c1-14(23)10-15-8-9-18(19(11-15)26-2)27-21-17-12-20(16-6-4-3-5-7-16)28-22(17)25-13-24-21/h3-9,11-14H,10,23H2,1-2H3. The van der Waals surface area contributed by atoms with Gasteiger partial charge in [0, 0.05) is 10.9 Å². The minimum absolute atomic E-state index is 0.0835. The molecule has 2 aromatic carbocycles. The Kier molecular flexibility index (Phi) is 5.23. The normalized spacial score (nSPS) is 12.1. The van der Waals surface area contributed by atoms with Crippen LogP contribution in [-0.4, -0.2) is 23.1 Å². The number of fused-ring (bicyclic) bond motifs is 1. The van der Waals surface area contributed by atoms with Gasteiger partial charge < -0.3 is 15.2 Å².